The van der Waals surface area contributed by atoms with Crippen molar-refractivity contribution < 1.29 is 14.5 Å². The van der Waals surface area contributed by atoms with Gasteiger partial charge in [0.25, 0.3) is 11.6 Å². The Bertz CT molecular complexity index is 1490. The van der Waals surface area contributed by atoms with Crippen LogP contribution in [-0.4, -0.2) is 36.8 Å². The summed E-state index contributed by atoms with van der Waals surface area (Å²) in [6.07, 6.45) is 2.22. The molecule has 0 aliphatic carbocycles. The fourth-order valence-electron chi connectivity index (χ4n) is 3.75. The molecule has 198 valence electrons. The first-order chi connectivity index (χ1) is 18.9. The van der Waals surface area contributed by atoms with Crippen molar-refractivity contribution in [3.05, 3.63) is 107 Å². The average molecular weight is 543 g/mol. The van der Waals surface area contributed by atoms with Crippen molar-refractivity contribution in [3.8, 4) is 11.4 Å². The second-order valence-corrected chi connectivity index (χ2v) is 9.58. The molecule has 0 saturated heterocycles. The lowest BCUT2D eigenvalue weighted by Gasteiger charge is -2.15. The summed E-state index contributed by atoms with van der Waals surface area (Å²) >= 11 is 1.26. The molecule has 2 amide bonds. The summed E-state index contributed by atoms with van der Waals surface area (Å²) in [7, 11) is 0. The predicted molar refractivity (Wildman–Crippen MR) is 152 cm³/mol. The van der Waals surface area contributed by atoms with Crippen molar-refractivity contribution >= 4 is 40.6 Å². The molecule has 4 aromatic rings. The van der Waals surface area contributed by atoms with Crippen LogP contribution < -0.4 is 10.6 Å². The fraction of sp³-hybridized carbons (Fsp3) is 0.143. The Kier molecular flexibility index (Phi) is 8.85. The highest BCUT2D eigenvalue weighted by Gasteiger charge is 2.23. The number of carbonyl (C=O) groups is 2. The van der Waals surface area contributed by atoms with E-state index in [9.17, 15) is 19.7 Å². The maximum absolute atomic E-state index is 13.0. The maximum atomic E-state index is 13.0. The second-order valence-electron chi connectivity index (χ2n) is 8.41. The van der Waals surface area contributed by atoms with E-state index in [0.717, 1.165) is 5.56 Å². The lowest BCUT2D eigenvalue weighted by Crippen LogP contribution is -2.25. The summed E-state index contributed by atoms with van der Waals surface area (Å²) in [5.41, 5.74) is 2.23. The highest BCUT2D eigenvalue weighted by Crippen LogP contribution is 2.30. The van der Waals surface area contributed by atoms with E-state index in [1.165, 1.54) is 30.0 Å². The zero-order valence-corrected chi connectivity index (χ0v) is 21.9. The molecule has 0 aliphatic heterocycles. The number of allylic oxidation sites excluding steroid dienone is 1. The molecule has 1 aromatic heterocycles. The maximum Gasteiger partial charge on any atom is 0.271 e. The van der Waals surface area contributed by atoms with Crippen LogP contribution in [0.15, 0.2) is 96.7 Å². The van der Waals surface area contributed by atoms with Gasteiger partial charge < -0.3 is 10.6 Å². The average Bonchev–Trinajstić information content (AvgIpc) is 3.34. The van der Waals surface area contributed by atoms with E-state index in [0.29, 0.717) is 40.9 Å². The normalized spacial score (nSPS) is 11.4. The summed E-state index contributed by atoms with van der Waals surface area (Å²) in [4.78, 5) is 36.0. The van der Waals surface area contributed by atoms with Crippen LogP contribution in [0.25, 0.3) is 11.4 Å². The molecule has 0 bridgehead atoms. The molecule has 1 atom stereocenters. The summed E-state index contributed by atoms with van der Waals surface area (Å²) in [6, 6.07) is 22.0. The number of rotatable bonds is 11. The molecule has 39 heavy (non-hydrogen) atoms. The highest BCUT2D eigenvalue weighted by molar-refractivity contribution is 8.00. The van der Waals surface area contributed by atoms with Crippen LogP contribution >= 0.6 is 11.8 Å². The van der Waals surface area contributed by atoms with E-state index in [1.54, 1.807) is 48.5 Å². The van der Waals surface area contributed by atoms with Crippen LogP contribution in [0.5, 0.6) is 0 Å². The van der Waals surface area contributed by atoms with Crippen molar-refractivity contribution in [2.75, 3.05) is 10.6 Å². The van der Waals surface area contributed by atoms with Crippen molar-refractivity contribution in [3.63, 3.8) is 0 Å². The SMILES string of the molecule is C=CCn1c(S[C@@H](CC)C(=O)Nc2cccc([N+](=O)[O-])c2)nnc1-c1ccc(NC(=O)c2ccccc2)cc1. The summed E-state index contributed by atoms with van der Waals surface area (Å²) in [5, 5.41) is 25.4. The van der Waals surface area contributed by atoms with Gasteiger partial charge in [-0.3, -0.25) is 24.3 Å². The number of nitrogens with zero attached hydrogens (tertiary/aromatic N) is 4. The van der Waals surface area contributed by atoms with Crippen molar-refractivity contribution in [1.29, 1.82) is 0 Å². The highest BCUT2D eigenvalue weighted by atomic mass is 32.2. The minimum Gasteiger partial charge on any atom is -0.325 e. The number of hydrogen-bond donors (Lipinski definition) is 2. The molecular formula is C28H26N6O4S. The van der Waals surface area contributed by atoms with Crippen LogP contribution in [0.1, 0.15) is 23.7 Å². The number of nitrogens with one attached hydrogen (secondary N) is 2. The molecule has 4 rings (SSSR count). The van der Waals surface area contributed by atoms with Crippen molar-refractivity contribution in [2.45, 2.75) is 30.3 Å². The molecule has 0 unspecified atom stereocenters. The Morgan fingerprint density at radius 3 is 2.44 bits per heavy atom. The zero-order valence-electron chi connectivity index (χ0n) is 21.1. The van der Waals surface area contributed by atoms with Crippen LogP contribution in [0.2, 0.25) is 0 Å². The van der Waals surface area contributed by atoms with E-state index < -0.39 is 10.2 Å². The van der Waals surface area contributed by atoms with Gasteiger partial charge in [0.1, 0.15) is 0 Å². The third-order valence-corrected chi connectivity index (χ3v) is 7.05. The molecule has 3 aromatic carbocycles. The first-order valence-electron chi connectivity index (χ1n) is 12.1. The Hall–Kier alpha value is -4.77. The minimum absolute atomic E-state index is 0.102. The fourth-order valence-corrected chi connectivity index (χ4v) is 4.71. The summed E-state index contributed by atoms with van der Waals surface area (Å²) in [5.74, 6) is 0.0920. The lowest BCUT2D eigenvalue weighted by molar-refractivity contribution is -0.384. The van der Waals surface area contributed by atoms with Gasteiger partial charge in [-0.15, -0.1) is 16.8 Å². The number of anilines is 2. The van der Waals surface area contributed by atoms with Gasteiger partial charge in [-0.25, -0.2) is 0 Å². The second kappa shape index (κ2) is 12.7. The Balaban J connectivity index is 1.49. The van der Waals surface area contributed by atoms with Gasteiger partial charge in [0.15, 0.2) is 11.0 Å². The van der Waals surface area contributed by atoms with Gasteiger partial charge in [-0.1, -0.05) is 49.0 Å². The molecule has 0 radical (unpaired) electrons. The lowest BCUT2D eigenvalue weighted by atomic mass is 10.1. The molecule has 0 fully saturated rings. The third kappa shape index (κ3) is 6.76. The van der Waals surface area contributed by atoms with Gasteiger partial charge in [0.2, 0.25) is 5.91 Å². The monoisotopic (exact) mass is 542 g/mol. The molecular weight excluding hydrogens is 516 g/mol. The molecule has 11 heteroatoms. The van der Waals surface area contributed by atoms with E-state index in [4.69, 9.17) is 0 Å². The standard InChI is InChI=1S/C28H26N6O4S/c1-3-17-33-25(19-13-15-21(16-14-19)29-26(35)20-9-6-5-7-10-20)31-32-28(33)39-24(4-2)27(36)30-22-11-8-12-23(18-22)34(37)38/h3,5-16,18,24H,1,4,17H2,2H3,(H,29,35)(H,30,36)/t24-/m0/s1. The van der Waals surface area contributed by atoms with Gasteiger partial charge >= 0.3 is 0 Å². The first kappa shape index (κ1) is 27.3. The summed E-state index contributed by atoms with van der Waals surface area (Å²) in [6.45, 7) is 6.13. The third-order valence-electron chi connectivity index (χ3n) is 5.70. The van der Waals surface area contributed by atoms with Crippen LogP contribution in [0.3, 0.4) is 0 Å². The number of thioether (sulfide) groups is 1. The Morgan fingerprint density at radius 1 is 1.03 bits per heavy atom. The smallest absolute Gasteiger partial charge is 0.271 e. The van der Waals surface area contributed by atoms with E-state index in [-0.39, 0.29) is 17.5 Å². The minimum atomic E-state index is -0.513. The number of hydrogen-bond acceptors (Lipinski definition) is 7. The Labute approximate surface area is 229 Å². The number of non-ortho nitro benzene ring substituents is 1. The number of aromatic nitrogens is 3. The first-order valence-corrected chi connectivity index (χ1v) is 13.0. The number of benzene rings is 3. The van der Waals surface area contributed by atoms with Crippen LogP contribution in [-0.2, 0) is 11.3 Å². The molecule has 2 N–H and O–H groups in total. The largest absolute Gasteiger partial charge is 0.325 e. The molecule has 0 saturated carbocycles. The van der Waals surface area contributed by atoms with E-state index in [2.05, 4.69) is 27.4 Å². The van der Waals surface area contributed by atoms with Crippen molar-refractivity contribution in [2.24, 2.45) is 0 Å². The zero-order chi connectivity index (χ0) is 27.8. The molecule has 1 heterocycles. The van der Waals surface area contributed by atoms with Gasteiger partial charge in [-0.05, 0) is 48.9 Å². The van der Waals surface area contributed by atoms with Crippen LogP contribution in [0.4, 0.5) is 17.1 Å². The summed E-state index contributed by atoms with van der Waals surface area (Å²) < 4.78 is 1.86. The number of nitro groups is 1. The number of amides is 2. The van der Waals surface area contributed by atoms with E-state index in [1.807, 2.05) is 29.7 Å². The molecule has 0 aliphatic rings. The topological polar surface area (TPSA) is 132 Å². The number of carbonyl (C=O) groups excluding carboxylic acids is 2. The molecule has 0 spiro atoms. The number of nitro benzene ring substituents is 1. The Morgan fingerprint density at radius 2 is 1.77 bits per heavy atom. The van der Waals surface area contributed by atoms with E-state index >= 15 is 0 Å². The molecule has 10 nitrogen and oxygen atoms in total. The van der Waals surface area contributed by atoms with Gasteiger partial charge in [0.05, 0.1) is 10.2 Å². The quantitative estimate of drug-likeness (QED) is 0.106. The van der Waals surface area contributed by atoms with Gasteiger partial charge in [-0.2, -0.15) is 0 Å². The van der Waals surface area contributed by atoms with Crippen molar-refractivity contribution in [1.82, 2.24) is 14.8 Å². The predicted octanol–water partition coefficient (Wildman–Crippen LogP) is 5.80. The van der Waals surface area contributed by atoms with Gasteiger partial charge in [0, 0.05) is 41.2 Å². The van der Waals surface area contributed by atoms with Crippen LogP contribution in [0, 0.1) is 10.1 Å².